The number of hydrogen-bond donors (Lipinski definition) is 1. The zero-order valence-corrected chi connectivity index (χ0v) is 18.2. The SMILES string of the molecule is CCN(CC)S(=O)(=O)c1ccc(Cl)c(C(=O)NC(C)c2ccc(C(F)(F)F)cc2)c1. The van der Waals surface area contributed by atoms with Crippen molar-refractivity contribution in [2.45, 2.75) is 37.9 Å². The average molecular weight is 463 g/mol. The minimum absolute atomic E-state index is 0.0383. The van der Waals surface area contributed by atoms with Crippen LogP contribution in [0.1, 0.15) is 48.3 Å². The second kappa shape index (κ2) is 9.36. The van der Waals surface area contributed by atoms with Gasteiger partial charge in [-0.2, -0.15) is 17.5 Å². The van der Waals surface area contributed by atoms with Gasteiger partial charge in [0.05, 0.1) is 27.1 Å². The Hall–Kier alpha value is -2.10. The van der Waals surface area contributed by atoms with Crippen LogP contribution in [0.25, 0.3) is 0 Å². The maximum absolute atomic E-state index is 12.7. The summed E-state index contributed by atoms with van der Waals surface area (Å²) in [6, 6.07) is 7.64. The van der Waals surface area contributed by atoms with Gasteiger partial charge in [-0.1, -0.05) is 37.6 Å². The molecule has 0 saturated carbocycles. The predicted molar refractivity (Wildman–Crippen MR) is 109 cm³/mol. The number of alkyl halides is 3. The number of rotatable bonds is 7. The highest BCUT2D eigenvalue weighted by molar-refractivity contribution is 7.89. The Morgan fingerprint density at radius 3 is 2.17 bits per heavy atom. The van der Waals surface area contributed by atoms with Gasteiger partial charge >= 0.3 is 6.18 Å². The van der Waals surface area contributed by atoms with Gasteiger partial charge in [-0.25, -0.2) is 8.42 Å². The first-order chi connectivity index (χ1) is 13.9. The summed E-state index contributed by atoms with van der Waals surface area (Å²) in [7, 11) is -3.79. The van der Waals surface area contributed by atoms with E-state index in [1.807, 2.05) is 0 Å². The first-order valence-electron chi connectivity index (χ1n) is 9.19. The molecule has 30 heavy (non-hydrogen) atoms. The van der Waals surface area contributed by atoms with E-state index in [-0.39, 0.29) is 28.6 Å². The summed E-state index contributed by atoms with van der Waals surface area (Å²) >= 11 is 6.09. The van der Waals surface area contributed by atoms with Gasteiger partial charge in [-0.05, 0) is 42.8 Å². The zero-order valence-electron chi connectivity index (χ0n) is 16.6. The van der Waals surface area contributed by atoms with Gasteiger partial charge in [0.2, 0.25) is 10.0 Å². The second-order valence-corrected chi connectivity index (χ2v) is 8.89. The second-order valence-electron chi connectivity index (χ2n) is 6.55. The minimum atomic E-state index is -4.45. The number of hydrogen-bond acceptors (Lipinski definition) is 3. The lowest BCUT2D eigenvalue weighted by Gasteiger charge is -2.20. The molecule has 1 atom stereocenters. The Kier molecular flexibility index (Phi) is 7.54. The van der Waals surface area contributed by atoms with Crippen molar-refractivity contribution in [1.29, 1.82) is 0 Å². The largest absolute Gasteiger partial charge is 0.416 e. The lowest BCUT2D eigenvalue weighted by Crippen LogP contribution is -2.31. The number of benzene rings is 2. The fraction of sp³-hybridized carbons (Fsp3) is 0.350. The van der Waals surface area contributed by atoms with Crippen molar-refractivity contribution in [1.82, 2.24) is 9.62 Å². The predicted octanol–water partition coefficient (Wildman–Crippen LogP) is 4.88. The first-order valence-corrected chi connectivity index (χ1v) is 11.0. The van der Waals surface area contributed by atoms with Gasteiger partial charge in [-0.15, -0.1) is 0 Å². The van der Waals surface area contributed by atoms with Crippen molar-refractivity contribution in [2.24, 2.45) is 0 Å². The van der Waals surface area contributed by atoms with E-state index in [1.54, 1.807) is 20.8 Å². The molecule has 2 aromatic rings. The molecule has 10 heteroatoms. The van der Waals surface area contributed by atoms with E-state index in [2.05, 4.69) is 5.32 Å². The van der Waals surface area contributed by atoms with Gasteiger partial charge in [-0.3, -0.25) is 4.79 Å². The number of carbonyl (C=O) groups is 1. The summed E-state index contributed by atoms with van der Waals surface area (Å²) in [6.45, 7) is 5.55. The number of halogens is 4. The average Bonchev–Trinajstić information content (AvgIpc) is 2.68. The van der Waals surface area contributed by atoms with Crippen LogP contribution in [0.5, 0.6) is 0 Å². The van der Waals surface area contributed by atoms with Crippen LogP contribution in [0.2, 0.25) is 5.02 Å². The van der Waals surface area contributed by atoms with E-state index in [4.69, 9.17) is 11.6 Å². The van der Waals surface area contributed by atoms with Crippen molar-refractivity contribution in [3.8, 4) is 0 Å². The van der Waals surface area contributed by atoms with Crippen molar-refractivity contribution in [3.63, 3.8) is 0 Å². The molecule has 1 unspecified atom stereocenters. The fourth-order valence-electron chi connectivity index (χ4n) is 2.87. The van der Waals surface area contributed by atoms with Crippen molar-refractivity contribution < 1.29 is 26.4 Å². The summed E-state index contributed by atoms with van der Waals surface area (Å²) in [5.74, 6) is -0.635. The van der Waals surface area contributed by atoms with Crippen LogP contribution in [0, 0.1) is 0 Å². The molecule has 2 rings (SSSR count). The Labute approximate surface area is 178 Å². The van der Waals surface area contributed by atoms with Crippen LogP contribution in [0.3, 0.4) is 0 Å². The van der Waals surface area contributed by atoms with Crippen LogP contribution in [-0.4, -0.2) is 31.7 Å². The van der Waals surface area contributed by atoms with Crippen LogP contribution >= 0.6 is 11.6 Å². The maximum Gasteiger partial charge on any atom is 0.416 e. The Bertz CT molecular complexity index is 1000. The fourth-order valence-corrected chi connectivity index (χ4v) is 4.56. The van der Waals surface area contributed by atoms with Gasteiger partial charge in [0.1, 0.15) is 0 Å². The highest BCUT2D eigenvalue weighted by atomic mass is 35.5. The molecule has 0 saturated heterocycles. The molecule has 0 fully saturated rings. The monoisotopic (exact) mass is 462 g/mol. The van der Waals surface area contributed by atoms with Crippen LogP contribution < -0.4 is 5.32 Å². The summed E-state index contributed by atoms with van der Waals surface area (Å²) in [6.07, 6.45) is -4.45. The van der Waals surface area contributed by atoms with Crippen LogP contribution in [0.4, 0.5) is 13.2 Å². The molecule has 164 valence electrons. The molecule has 0 aromatic heterocycles. The number of nitrogens with zero attached hydrogens (tertiary/aromatic N) is 1. The highest BCUT2D eigenvalue weighted by Crippen LogP contribution is 2.30. The van der Waals surface area contributed by atoms with E-state index in [1.165, 1.54) is 34.6 Å². The van der Waals surface area contributed by atoms with Crippen molar-refractivity contribution >= 4 is 27.5 Å². The third-order valence-electron chi connectivity index (χ3n) is 4.61. The van der Waals surface area contributed by atoms with Gasteiger partial charge < -0.3 is 5.32 Å². The zero-order chi connectivity index (χ0) is 22.7. The number of sulfonamides is 1. The highest BCUT2D eigenvalue weighted by Gasteiger charge is 2.30. The normalized spacial score (nSPS) is 13.3. The maximum atomic E-state index is 12.7. The van der Waals surface area contributed by atoms with Gasteiger partial charge in [0, 0.05) is 13.1 Å². The topological polar surface area (TPSA) is 66.5 Å². The van der Waals surface area contributed by atoms with E-state index in [9.17, 15) is 26.4 Å². The molecule has 0 heterocycles. The third-order valence-corrected chi connectivity index (χ3v) is 6.99. The van der Waals surface area contributed by atoms with E-state index in [0.717, 1.165) is 12.1 Å². The summed E-state index contributed by atoms with van der Waals surface area (Å²) in [5.41, 5.74) is -0.370. The van der Waals surface area contributed by atoms with E-state index >= 15 is 0 Å². The Morgan fingerprint density at radius 2 is 1.67 bits per heavy atom. The molecule has 0 aliphatic carbocycles. The molecule has 1 amide bonds. The molecule has 1 N–H and O–H groups in total. The molecule has 0 aliphatic heterocycles. The van der Waals surface area contributed by atoms with E-state index < -0.39 is 33.7 Å². The lowest BCUT2D eigenvalue weighted by molar-refractivity contribution is -0.137. The smallest absolute Gasteiger partial charge is 0.345 e. The molecule has 0 bridgehead atoms. The third kappa shape index (κ3) is 5.33. The van der Waals surface area contributed by atoms with Crippen LogP contribution in [-0.2, 0) is 16.2 Å². The molecular weight excluding hydrogens is 441 g/mol. The molecule has 0 spiro atoms. The molecule has 0 radical (unpaired) electrons. The quantitative estimate of drug-likeness (QED) is 0.637. The molecular formula is C20H22ClF3N2O3S. The minimum Gasteiger partial charge on any atom is -0.345 e. The van der Waals surface area contributed by atoms with E-state index in [0.29, 0.717) is 5.56 Å². The van der Waals surface area contributed by atoms with Crippen LogP contribution in [0.15, 0.2) is 47.4 Å². The molecule has 5 nitrogen and oxygen atoms in total. The number of nitrogens with one attached hydrogen (secondary N) is 1. The van der Waals surface area contributed by atoms with Gasteiger partial charge in [0.25, 0.3) is 5.91 Å². The molecule has 2 aromatic carbocycles. The standard InChI is InChI=1S/C20H22ClF3N2O3S/c1-4-26(5-2)30(28,29)16-10-11-18(21)17(12-16)19(27)25-13(3)14-6-8-15(9-7-14)20(22,23)24/h6-13H,4-5H2,1-3H3,(H,25,27). The molecule has 0 aliphatic rings. The Morgan fingerprint density at radius 1 is 1.10 bits per heavy atom. The first kappa shape index (κ1) is 24.2. The number of amides is 1. The Balaban J connectivity index is 2.26. The summed E-state index contributed by atoms with van der Waals surface area (Å²) < 4.78 is 64.8. The van der Waals surface area contributed by atoms with Crippen molar-refractivity contribution in [3.05, 3.63) is 64.2 Å². The lowest BCUT2D eigenvalue weighted by atomic mass is 10.1. The summed E-state index contributed by atoms with van der Waals surface area (Å²) in [5, 5.41) is 2.70. The summed E-state index contributed by atoms with van der Waals surface area (Å²) in [4.78, 5) is 12.6. The van der Waals surface area contributed by atoms with Gasteiger partial charge in [0.15, 0.2) is 0 Å². The number of carbonyl (C=O) groups excluding carboxylic acids is 1. The van der Waals surface area contributed by atoms with Crippen molar-refractivity contribution in [2.75, 3.05) is 13.1 Å².